The molecular formula is C31H38N2O3S. The zero-order valence-electron chi connectivity index (χ0n) is 22.1. The molecule has 5 nitrogen and oxygen atoms in total. The van der Waals surface area contributed by atoms with Crippen molar-refractivity contribution in [3.05, 3.63) is 90.0 Å². The first-order valence-corrected chi connectivity index (χ1v) is 14.0. The minimum atomic E-state index is -0.210. The highest BCUT2D eigenvalue weighted by molar-refractivity contribution is 7.99. The quantitative estimate of drug-likeness (QED) is 0.183. The summed E-state index contributed by atoms with van der Waals surface area (Å²) < 4.78 is 5.01. The molecule has 37 heavy (non-hydrogen) atoms. The number of hydrogen-bond donors (Lipinski definition) is 1. The summed E-state index contributed by atoms with van der Waals surface area (Å²) >= 11 is 1.64. The third-order valence-electron chi connectivity index (χ3n) is 6.18. The first-order chi connectivity index (χ1) is 18.0. The molecule has 196 valence electrons. The molecule has 0 aromatic heterocycles. The molecule has 0 fully saturated rings. The van der Waals surface area contributed by atoms with Crippen molar-refractivity contribution in [2.75, 3.05) is 18.5 Å². The number of esters is 1. The number of amides is 2. The molecule has 1 atom stereocenters. The van der Waals surface area contributed by atoms with Crippen LogP contribution in [-0.2, 0) is 16.0 Å². The Morgan fingerprint density at radius 3 is 2.14 bits per heavy atom. The largest absolute Gasteiger partial charge is 0.466 e. The van der Waals surface area contributed by atoms with Crippen LogP contribution in [0.25, 0.3) is 0 Å². The van der Waals surface area contributed by atoms with Crippen molar-refractivity contribution >= 4 is 29.4 Å². The molecule has 0 aliphatic carbocycles. The summed E-state index contributed by atoms with van der Waals surface area (Å²) in [6, 6.07) is 25.9. The number of carbonyl (C=O) groups is 2. The monoisotopic (exact) mass is 518 g/mol. The number of nitrogens with one attached hydrogen (secondary N) is 1. The third kappa shape index (κ3) is 9.29. The fraction of sp³-hybridized carbons (Fsp3) is 0.355. The van der Waals surface area contributed by atoms with E-state index in [1.54, 1.807) is 11.8 Å². The van der Waals surface area contributed by atoms with E-state index in [4.69, 9.17) is 4.74 Å². The molecule has 0 saturated heterocycles. The summed E-state index contributed by atoms with van der Waals surface area (Å²) in [5.41, 5.74) is 2.84. The number of anilines is 1. The Balaban J connectivity index is 1.60. The van der Waals surface area contributed by atoms with Gasteiger partial charge in [-0.15, -0.1) is 0 Å². The van der Waals surface area contributed by atoms with Gasteiger partial charge in [0.1, 0.15) is 0 Å². The first-order valence-electron chi connectivity index (χ1n) is 13.1. The summed E-state index contributed by atoms with van der Waals surface area (Å²) in [5, 5.41) is 3.09. The molecule has 3 aromatic rings. The van der Waals surface area contributed by atoms with Gasteiger partial charge in [0.05, 0.1) is 19.1 Å². The average molecular weight is 519 g/mol. The Labute approximate surface area is 225 Å². The highest BCUT2D eigenvalue weighted by Crippen LogP contribution is 2.29. The standard InChI is InChI=1S/C31H38N2O3S/c1-4-6-7-11-22-33(24(3)26-12-9-8-10-13-26)31(35)32-27-16-20-29(21-17-27)37-28-18-14-25(15-19-28)23-30(34)36-5-2/h8-10,12-21,24H,4-7,11,22-23H2,1-3H3,(H,32,35). The van der Waals surface area contributed by atoms with Crippen LogP contribution in [0.1, 0.15) is 63.6 Å². The summed E-state index contributed by atoms with van der Waals surface area (Å²) in [6.45, 7) is 7.21. The van der Waals surface area contributed by atoms with E-state index >= 15 is 0 Å². The summed E-state index contributed by atoms with van der Waals surface area (Å²) in [4.78, 5) is 29.1. The van der Waals surface area contributed by atoms with Crippen molar-refractivity contribution in [3.8, 4) is 0 Å². The maximum absolute atomic E-state index is 13.3. The van der Waals surface area contributed by atoms with Crippen LogP contribution in [0.4, 0.5) is 10.5 Å². The molecule has 0 bridgehead atoms. The Hall–Kier alpha value is -3.25. The highest BCUT2D eigenvalue weighted by atomic mass is 32.2. The van der Waals surface area contributed by atoms with Crippen molar-refractivity contribution in [1.82, 2.24) is 4.90 Å². The van der Waals surface area contributed by atoms with E-state index in [0.717, 1.165) is 46.0 Å². The Morgan fingerprint density at radius 1 is 0.865 bits per heavy atom. The minimum Gasteiger partial charge on any atom is -0.466 e. The smallest absolute Gasteiger partial charge is 0.322 e. The lowest BCUT2D eigenvalue weighted by Gasteiger charge is -2.30. The number of ether oxygens (including phenoxy) is 1. The molecule has 0 spiro atoms. The number of nitrogens with zero attached hydrogens (tertiary/aromatic N) is 1. The fourth-order valence-electron chi connectivity index (χ4n) is 4.08. The molecule has 0 saturated carbocycles. The second-order valence-corrected chi connectivity index (χ2v) is 10.2. The first kappa shape index (κ1) is 28.3. The van der Waals surface area contributed by atoms with Crippen LogP contribution in [0, 0.1) is 0 Å². The van der Waals surface area contributed by atoms with E-state index < -0.39 is 0 Å². The maximum Gasteiger partial charge on any atom is 0.322 e. The van der Waals surface area contributed by atoms with Gasteiger partial charge in [-0.25, -0.2) is 4.79 Å². The van der Waals surface area contributed by atoms with Crippen LogP contribution in [0.5, 0.6) is 0 Å². The van der Waals surface area contributed by atoms with Crippen LogP contribution in [0.15, 0.2) is 88.7 Å². The molecule has 6 heteroatoms. The molecule has 0 heterocycles. The van der Waals surface area contributed by atoms with E-state index in [-0.39, 0.29) is 24.5 Å². The van der Waals surface area contributed by atoms with Gasteiger partial charge in [0.2, 0.25) is 0 Å². The Bertz CT molecular complexity index is 1100. The van der Waals surface area contributed by atoms with Crippen LogP contribution in [0.2, 0.25) is 0 Å². The maximum atomic E-state index is 13.3. The van der Waals surface area contributed by atoms with Gasteiger partial charge in [0.25, 0.3) is 0 Å². The second-order valence-electron chi connectivity index (χ2n) is 9.02. The molecule has 2 amide bonds. The van der Waals surface area contributed by atoms with Gasteiger partial charge in [-0.1, -0.05) is 80.4 Å². The highest BCUT2D eigenvalue weighted by Gasteiger charge is 2.21. The van der Waals surface area contributed by atoms with E-state index in [0.29, 0.717) is 6.61 Å². The molecule has 0 aliphatic rings. The van der Waals surface area contributed by atoms with Gasteiger partial charge in [0, 0.05) is 22.0 Å². The van der Waals surface area contributed by atoms with Crippen molar-refractivity contribution in [3.63, 3.8) is 0 Å². The van der Waals surface area contributed by atoms with E-state index in [1.165, 1.54) is 12.8 Å². The van der Waals surface area contributed by atoms with Gasteiger partial charge >= 0.3 is 12.0 Å². The topological polar surface area (TPSA) is 58.6 Å². The molecule has 0 aliphatic heterocycles. The molecule has 3 aromatic carbocycles. The lowest BCUT2D eigenvalue weighted by Crippen LogP contribution is -2.37. The van der Waals surface area contributed by atoms with Gasteiger partial charge < -0.3 is 15.0 Å². The van der Waals surface area contributed by atoms with Crippen molar-refractivity contribution in [2.45, 2.75) is 68.7 Å². The van der Waals surface area contributed by atoms with E-state index in [2.05, 4.69) is 31.3 Å². The zero-order chi connectivity index (χ0) is 26.5. The van der Waals surface area contributed by atoms with Gasteiger partial charge in [-0.05, 0) is 67.8 Å². The number of benzene rings is 3. The molecular weight excluding hydrogens is 480 g/mol. The minimum absolute atomic E-state index is 0.00976. The normalized spacial score (nSPS) is 11.5. The molecule has 1 N–H and O–H groups in total. The number of rotatable bonds is 13. The van der Waals surface area contributed by atoms with E-state index in [9.17, 15) is 9.59 Å². The second kappa shape index (κ2) is 15.1. The van der Waals surface area contributed by atoms with E-state index in [1.807, 2.05) is 78.6 Å². The van der Waals surface area contributed by atoms with Crippen molar-refractivity contribution < 1.29 is 14.3 Å². The van der Waals surface area contributed by atoms with Crippen LogP contribution in [-0.4, -0.2) is 30.1 Å². The zero-order valence-corrected chi connectivity index (χ0v) is 22.9. The lowest BCUT2D eigenvalue weighted by atomic mass is 10.1. The summed E-state index contributed by atoms with van der Waals surface area (Å²) in [7, 11) is 0. The Kier molecular flexibility index (Phi) is 11.6. The SMILES string of the molecule is CCCCCCN(C(=O)Nc1ccc(Sc2ccc(CC(=O)OCC)cc2)cc1)C(C)c1ccccc1. The number of urea groups is 1. The van der Waals surface area contributed by atoms with Gasteiger partial charge in [0.15, 0.2) is 0 Å². The predicted molar refractivity (Wildman–Crippen MR) is 152 cm³/mol. The van der Waals surface area contributed by atoms with Crippen LogP contribution in [0.3, 0.4) is 0 Å². The average Bonchev–Trinajstić information content (AvgIpc) is 2.91. The molecule has 1 unspecified atom stereocenters. The number of hydrogen-bond acceptors (Lipinski definition) is 4. The van der Waals surface area contributed by atoms with Gasteiger partial charge in [-0.2, -0.15) is 0 Å². The number of carbonyl (C=O) groups excluding carboxylic acids is 2. The summed E-state index contributed by atoms with van der Waals surface area (Å²) in [5.74, 6) is -0.210. The molecule has 3 rings (SSSR count). The molecule has 0 radical (unpaired) electrons. The lowest BCUT2D eigenvalue weighted by molar-refractivity contribution is -0.142. The summed E-state index contributed by atoms with van der Waals surface area (Å²) in [6.07, 6.45) is 4.75. The third-order valence-corrected chi connectivity index (χ3v) is 7.20. The Morgan fingerprint density at radius 2 is 1.51 bits per heavy atom. The van der Waals surface area contributed by atoms with Crippen molar-refractivity contribution in [2.24, 2.45) is 0 Å². The number of unbranched alkanes of at least 4 members (excludes halogenated alkanes) is 3. The van der Waals surface area contributed by atoms with Gasteiger partial charge in [-0.3, -0.25) is 4.79 Å². The predicted octanol–water partition coefficient (Wildman–Crippen LogP) is 8.12. The van der Waals surface area contributed by atoms with Crippen LogP contribution >= 0.6 is 11.8 Å². The van der Waals surface area contributed by atoms with Crippen molar-refractivity contribution in [1.29, 1.82) is 0 Å². The van der Waals surface area contributed by atoms with Crippen LogP contribution < -0.4 is 5.32 Å². The fourth-order valence-corrected chi connectivity index (χ4v) is 4.90.